The molecule has 1 N–H and O–H groups in total. The summed E-state index contributed by atoms with van der Waals surface area (Å²) in [5.74, 6) is 0.795. The Kier molecular flexibility index (Phi) is 4.64. The second-order valence-electron chi connectivity index (χ2n) is 4.50. The van der Waals surface area contributed by atoms with Gasteiger partial charge in [0.1, 0.15) is 12.0 Å². The molecule has 2 aromatic carbocycles. The number of carbonyl (C=O) groups excluding carboxylic acids is 1. The number of carbonyl (C=O) groups is 1. The van der Waals surface area contributed by atoms with E-state index >= 15 is 0 Å². The quantitative estimate of drug-likeness (QED) is 0.843. The smallest absolute Gasteiger partial charge is 0.150 e. The number of halogens is 1. The first-order valence-corrected chi connectivity index (χ1v) is 6.64. The minimum absolute atomic E-state index is 0.602. The highest BCUT2D eigenvalue weighted by molar-refractivity contribution is 6.30. The lowest BCUT2D eigenvalue weighted by atomic mass is 10.1. The summed E-state index contributed by atoms with van der Waals surface area (Å²) in [6, 6.07) is 11.1. The van der Waals surface area contributed by atoms with Crippen LogP contribution >= 0.6 is 11.6 Å². The fraction of sp³-hybridized carbons (Fsp3) is 0.188. The summed E-state index contributed by atoms with van der Waals surface area (Å²) in [7, 11) is 1.64. The Morgan fingerprint density at radius 3 is 2.70 bits per heavy atom. The van der Waals surface area contributed by atoms with Crippen molar-refractivity contribution in [2.24, 2.45) is 0 Å². The van der Waals surface area contributed by atoms with E-state index < -0.39 is 0 Å². The van der Waals surface area contributed by atoms with Gasteiger partial charge in [0.25, 0.3) is 0 Å². The van der Waals surface area contributed by atoms with Crippen molar-refractivity contribution in [3.8, 4) is 5.75 Å². The first kappa shape index (κ1) is 14.4. The number of nitrogens with one attached hydrogen (secondary N) is 1. The fourth-order valence-electron chi connectivity index (χ4n) is 2.03. The van der Waals surface area contributed by atoms with Crippen molar-refractivity contribution < 1.29 is 9.53 Å². The van der Waals surface area contributed by atoms with Crippen LogP contribution in [0.15, 0.2) is 36.4 Å². The third-order valence-corrected chi connectivity index (χ3v) is 3.33. The zero-order valence-electron chi connectivity index (χ0n) is 11.4. The van der Waals surface area contributed by atoms with Crippen molar-refractivity contribution in [3.63, 3.8) is 0 Å². The summed E-state index contributed by atoms with van der Waals surface area (Å²) in [5.41, 5.74) is 3.67. The van der Waals surface area contributed by atoms with E-state index in [-0.39, 0.29) is 0 Å². The van der Waals surface area contributed by atoms with Gasteiger partial charge in [-0.3, -0.25) is 4.79 Å². The number of anilines is 1. The van der Waals surface area contributed by atoms with Crippen LogP contribution in [0.25, 0.3) is 0 Å². The molecule has 0 aliphatic heterocycles. The van der Waals surface area contributed by atoms with Crippen LogP contribution in [-0.2, 0) is 6.54 Å². The minimum atomic E-state index is 0.602. The van der Waals surface area contributed by atoms with Gasteiger partial charge in [-0.15, -0.1) is 0 Å². The molecule has 0 unspecified atom stereocenters. The van der Waals surface area contributed by atoms with E-state index in [0.29, 0.717) is 17.1 Å². The maximum absolute atomic E-state index is 10.7. The number of hydrogen-bond acceptors (Lipinski definition) is 3. The molecule has 0 amide bonds. The first-order valence-electron chi connectivity index (χ1n) is 6.26. The van der Waals surface area contributed by atoms with Gasteiger partial charge in [0.15, 0.2) is 0 Å². The van der Waals surface area contributed by atoms with Gasteiger partial charge in [-0.25, -0.2) is 0 Å². The van der Waals surface area contributed by atoms with Gasteiger partial charge in [0.05, 0.1) is 7.11 Å². The average molecular weight is 290 g/mol. The SMILES string of the molecule is COc1ccc(Cl)cc1CNc1ccc(C=O)cc1C. The van der Waals surface area contributed by atoms with E-state index in [1.807, 2.05) is 31.2 Å². The summed E-state index contributed by atoms with van der Waals surface area (Å²) >= 11 is 6.00. The minimum Gasteiger partial charge on any atom is -0.496 e. The number of hydrogen-bond donors (Lipinski definition) is 1. The van der Waals surface area contributed by atoms with Gasteiger partial charge in [-0.05, 0) is 48.9 Å². The normalized spacial score (nSPS) is 10.2. The number of methoxy groups -OCH3 is 1. The standard InChI is InChI=1S/C16H16ClNO2/c1-11-7-12(10-19)3-5-15(11)18-9-13-8-14(17)4-6-16(13)20-2/h3-8,10,18H,9H2,1-2H3. The molecule has 0 saturated heterocycles. The van der Waals surface area contributed by atoms with Crippen molar-refractivity contribution in [2.75, 3.05) is 12.4 Å². The van der Waals surface area contributed by atoms with Gasteiger partial charge in [-0.2, -0.15) is 0 Å². The number of aldehydes is 1. The Morgan fingerprint density at radius 2 is 2.05 bits per heavy atom. The zero-order valence-corrected chi connectivity index (χ0v) is 12.2. The van der Waals surface area contributed by atoms with E-state index in [2.05, 4.69) is 5.32 Å². The van der Waals surface area contributed by atoms with Crippen molar-refractivity contribution >= 4 is 23.6 Å². The Bertz CT molecular complexity index is 626. The van der Waals surface area contributed by atoms with E-state index in [1.165, 1.54) is 0 Å². The van der Waals surface area contributed by atoms with Gasteiger partial charge in [0, 0.05) is 28.4 Å². The van der Waals surface area contributed by atoms with Crippen molar-refractivity contribution in [2.45, 2.75) is 13.5 Å². The van der Waals surface area contributed by atoms with Gasteiger partial charge in [-0.1, -0.05) is 11.6 Å². The predicted molar refractivity (Wildman–Crippen MR) is 81.9 cm³/mol. The molecule has 20 heavy (non-hydrogen) atoms. The van der Waals surface area contributed by atoms with Crippen molar-refractivity contribution in [1.82, 2.24) is 0 Å². The van der Waals surface area contributed by atoms with Crippen LogP contribution in [0.4, 0.5) is 5.69 Å². The maximum atomic E-state index is 10.7. The largest absolute Gasteiger partial charge is 0.496 e. The Hall–Kier alpha value is -2.00. The highest BCUT2D eigenvalue weighted by Crippen LogP contribution is 2.24. The predicted octanol–water partition coefficient (Wildman–Crippen LogP) is 4.08. The second kappa shape index (κ2) is 6.44. The van der Waals surface area contributed by atoms with Crippen LogP contribution < -0.4 is 10.1 Å². The molecular formula is C16H16ClNO2. The number of rotatable bonds is 5. The molecule has 0 bridgehead atoms. The van der Waals surface area contributed by atoms with Crippen LogP contribution in [0.3, 0.4) is 0 Å². The van der Waals surface area contributed by atoms with E-state index in [9.17, 15) is 4.79 Å². The molecule has 0 aliphatic carbocycles. The number of ether oxygens (including phenoxy) is 1. The fourth-order valence-corrected chi connectivity index (χ4v) is 2.23. The molecule has 0 fully saturated rings. The summed E-state index contributed by atoms with van der Waals surface area (Å²) in [5, 5.41) is 4.00. The van der Waals surface area contributed by atoms with Crippen LogP contribution in [0.2, 0.25) is 5.02 Å². The van der Waals surface area contributed by atoms with Crippen LogP contribution in [0.1, 0.15) is 21.5 Å². The molecule has 0 spiro atoms. The summed E-state index contributed by atoms with van der Waals surface area (Å²) in [6.45, 7) is 2.57. The molecule has 104 valence electrons. The van der Waals surface area contributed by atoms with Crippen molar-refractivity contribution in [3.05, 3.63) is 58.1 Å². The molecule has 0 radical (unpaired) electrons. The van der Waals surface area contributed by atoms with Gasteiger partial charge < -0.3 is 10.1 Å². The molecule has 0 aliphatic rings. The van der Waals surface area contributed by atoms with Crippen LogP contribution in [0.5, 0.6) is 5.75 Å². The first-order chi connectivity index (χ1) is 9.63. The summed E-state index contributed by atoms with van der Waals surface area (Å²) < 4.78 is 5.31. The second-order valence-corrected chi connectivity index (χ2v) is 4.94. The molecule has 0 heterocycles. The van der Waals surface area contributed by atoms with Gasteiger partial charge in [0.2, 0.25) is 0 Å². The lowest BCUT2D eigenvalue weighted by Gasteiger charge is -2.13. The molecule has 2 aromatic rings. The lowest BCUT2D eigenvalue weighted by Crippen LogP contribution is -2.03. The van der Waals surface area contributed by atoms with E-state index in [4.69, 9.17) is 16.3 Å². The van der Waals surface area contributed by atoms with Gasteiger partial charge >= 0.3 is 0 Å². The van der Waals surface area contributed by atoms with E-state index in [0.717, 1.165) is 28.8 Å². The third kappa shape index (κ3) is 3.31. The van der Waals surface area contributed by atoms with E-state index in [1.54, 1.807) is 19.2 Å². The van der Waals surface area contributed by atoms with Crippen molar-refractivity contribution in [1.29, 1.82) is 0 Å². The topological polar surface area (TPSA) is 38.3 Å². The third-order valence-electron chi connectivity index (χ3n) is 3.10. The Labute approximate surface area is 123 Å². The summed E-state index contributed by atoms with van der Waals surface area (Å²) in [4.78, 5) is 10.7. The molecule has 4 heteroatoms. The Balaban J connectivity index is 2.16. The Morgan fingerprint density at radius 1 is 1.25 bits per heavy atom. The molecule has 0 saturated carbocycles. The summed E-state index contributed by atoms with van der Waals surface area (Å²) in [6.07, 6.45) is 0.844. The average Bonchev–Trinajstić information content (AvgIpc) is 2.46. The molecule has 0 aromatic heterocycles. The number of aryl methyl sites for hydroxylation is 1. The van der Waals surface area contributed by atoms with Crippen LogP contribution in [-0.4, -0.2) is 13.4 Å². The molecular weight excluding hydrogens is 274 g/mol. The molecule has 0 atom stereocenters. The highest BCUT2D eigenvalue weighted by Gasteiger charge is 2.05. The number of benzene rings is 2. The zero-order chi connectivity index (χ0) is 14.5. The lowest BCUT2D eigenvalue weighted by molar-refractivity contribution is 0.112. The highest BCUT2D eigenvalue weighted by atomic mass is 35.5. The van der Waals surface area contributed by atoms with Crippen LogP contribution in [0, 0.1) is 6.92 Å². The molecule has 3 nitrogen and oxygen atoms in total. The monoisotopic (exact) mass is 289 g/mol. The molecule has 2 rings (SSSR count). The maximum Gasteiger partial charge on any atom is 0.150 e.